The molecule has 0 radical (unpaired) electrons. The molecule has 4 heteroatoms. The molecule has 3 N–H and O–H groups in total. The maximum atomic E-state index is 10.2. The van der Waals surface area contributed by atoms with E-state index in [0.29, 0.717) is 24.0 Å². The van der Waals surface area contributed by atoms with Crippen LogP contribution in [0.3, 0.4) is 0 Å². The molecule has 0 bridgehead atoms. The van der Waals surface area contributed by atoms with Crippen LogP contribution in [0.4, 0.5) is 0 Å². The summed E-state index contributed by atoms with van der Waals surface area (Å²) in [5, 5.41) is 14.3. The van der Waals surface area contributed by atoms with Gasteiger partial charge in [0.2, 0.25) is 0 Å². The molecule has 0 heterocycles. The molecular formula is C23H40N2O2. The van der Waals surface area contributed by atoms with E-state index in [1.54, 1.807) is 0 Å². The summed E-state index contributed by atoms with van der Waals surface area (Å²) < 4.78 is 0. The zero-order valence-electron chi connectivity index (χ0n) is 17.4. The highest BCUT2D eigenvalue weighted by Crippen LogP contribution is 2.67. The zero-order valence-corrected chi connectivity index (χ0v) is 17.4. The van der Waals surface area contributed by atoms with Crippen molar-refractivity contribution in [3.05, 3.63) is 0 Å². The molecule has 0 spiro atoms. The molecule has 0 aromatic carbocycles. The summed E-state index contributed by atoms with van der Waals surface area (Å²) in [6, 6.07) is 0. The van der Waals surface area contributed by atoms with Gasteiger partial charge in [-0.2, -0.15) is 0 Å². The molecule has 4 fully saturated rings. The molecule has 0 amide bonds. The summed E-state index contributed by atoms with van der Waals surface area (Å²) in [6.07, 6.45) is 14.6. The van der Waals surface area contributed by atoms with E-state index in [1.807, 2.05) is 6.21 Å². The van der Waals surface area contributed by atoms with Gasteiger partial charge >= 0.3 is 0 Å². The quantitative estimate of drug-likeness (QED) is 0.426. The molecule has 8 atom stereocenters. The first-order chi connectivity index (χ1) is 13.0. The standard InChI is InChI=1S/C23H40N2O2/c1-22-11-8-21-19(5-3-17-15-18(26)7-10-23(17,21)2)20(22)6-4-16(22)9-13-25-27-14-12-24/h13,16-21,26H,3-12,14-15,24H2,1-2H3/t16?,17?,18?,19-,20-,21+,22+,23-/m0/s1. The Morgan fingerprint density at radius 3 is 2.63 bits per heavy atom. The lowest BCUT2D eigenvalue weighted by Crippen LogP contribution is -2.53. The molecule has 0 aliphatic heterocycles. The lowest BCUT2D eigenvalue weighted by molar-refractivity contribution is -0.126. The average molecular weight is 377 g/mol. The lowest BCUT2D eigenvalue weighted by atomic mass is 9.44. The van der Waals surface area contributed by atoms with Gasteiger partial charge in [-0.1, -0.05) is 19.0 Å². The number of fused-ring (bicyclic) bond motifs is 5. The number of hydrogen-bond donors (Lipinski definition) is 2. The number of nitrogens with zero attached hydrogens (tertiary/aromatic N) is 1. The average Bonchev–Trinajstić information content (AvgIpc) is 2.99. The fraction of sp³-hybridized carbons (Fsp3) is 0.957. The summed E-state index contributed by atoms with van der Waals surface area (Å²) in [6.45, 7) is 6.20. The fourth-order valence-corrected chi connectivity index (χ4v) is 8.06. The molecule has 154 valence electrons. The van der Waals surface area contributed by atoms with Gasteiger partial charge in [-0.25, -0.2) is 0 Å². The van der Waals surface area contributed by atoms with Gasteiger partial charge in [0.25, 0.3) is 0 Å². The molecule has 0 aromatic rings. The monoisotopic (exact) mass is 376 g/mol. The van der Waals surface area contributed by atoms with E-state index in [0.717, 1.165) is 48.9 Å². The van der Waals surface area contributed by atoms with Gasteiger partial charge in [-0.3, -0.25) is 0 Å². The number of hydrogen-bond acceptors (Lipinski definition) is 4. The SMILES string of the molecule is C[C@]12CCC(O)CC1CC[C@@H]1[C@H]2CC[C@]2(C)C(CC=NOCCN)CC[C@@H]12. The Bertz CT molecular complexity index is 552. The minimum absolute atomic E-state index is 0.0369. The summed E-state index contributed by atoms with van der Waals surface area (Å²) in [5.74, 6) is 4.21. The van der Waals surface area contributed by atoms with Crippen LogP contribution in [-0.2, 0) is 4.84 Å². The molecule has 4 saturated carbocycles. The third-order valence-corrected chi connectivity index (χ3v) is 9.58. The molecule has 4 rings (SSSR count). The van der Waals surface area contributed by atoms with Crippen LogP contribution in [0.5, 0.6) is 0 Å². The van der Waals surface area contributed by atoms with E-state index in [-0.39, 0.29) is 6.10 Å². The maximum Gasteiger partial charge on any atom is 0.129 e. The van der Waals surface area contributed by atoms with Crippen molar-refractivity contribution >= 4 is 6.21 Å². The van der Waals surface area contributed by atoms with E-state index in [4.69, 9.17) is 10.6 Å². The van der Waals surface area contributed by atoms with Crippen LogP contribution in [0.1, 0.15) is 78.1 Å². The molecule has 0 saturated heterocycles. The topological polar surface area (TPSA) is 67.8 Å². The predicted molar refractivity (Wildman–Crippen MR) is 109 cm³/mol. The Hall–Kier alpha value is -0.610. The minimum Gasteiger partial charge on any atom is -0.395 e. The summed E-state index contributed by atoms with van der Waals surface area (Å²) in [7, 11) is 0. The Morgan fingerprint density at radius 2 is 1.81 bits per heavy atom. The van der Waals surface area contributed by atoms with Gasteiger partial charge < -0.3 is 15.7 Å². The van der Waals surface area contributed by atoms with E-state index >= 15 is 0 Å². The molecule has 0 aromatic heterocycles. The highest BCUT2D eigenvalue weighted by molar-refractivity contribution is 5.57. The first-order valence-electron chi connectivity index (χ1n) is 11.5. The van der Waals surface area contributed by atoms with Crippen LogP contribution in [-0.4, -0.2) is 30.6 Å². The molecule has 4 aliphatic carbocycles. The Labute approximate surface area is 165 Å². The Morgan fingerprint density at radius 1 is 1.04 bits per heavy atom. The van der Waals surface area contributed by atoms with Crippen LogP contribution in [0.25, 0.3) is 0 Å². The summed E-state index contributed by atoms with van der Waals surface area (Å²) in [4.78, 5) is 5.20. The second-order valence-corrected chi connectivity index (χ2v) is 10.5. The highest BCUT2D eigenvalue weighted by Gasteiger charge is 2.59. The number of rotatable bonds is 5. The second kappa shape index (κ2) is 7.67. The Balaban J connectivity index is 1.45. The van der Waals surface area contributed by atoms with Crippen LogP contribution >= 0.6 is 0 Å². The molecule has 3 unspecified atom stereocenters. The van der Waals surface area contributed by atoms with Crippen molar-refractivity contribution in [1.29, 1.82) is 0 Å². The van der Waals surface area contributed by atoms with Gasteiger partial charge in [0.15, 0.2) is 0 Å². The highest BCUT2D eigenvalue weighted by atomic mass is 16.6. The second-order valence-electron chi connectivity index (χ2n) is 10.5. The van der Waals surface area contributed by atoms with Crippen LogP contribution in [0, 0.1) is 40.4 Å². The van der Waals surface area contributed by atoms with Gasteiger partial charge in [0.05, 0.1) is 6.10 Å². The molecule has 27 heavy (non-hydrogen) atoms. The normalized spacial score (nSPS) is 49.5. The number of aliphatic hydroxyl groups excluding tert-OH is 1. The smallest absolute Gasteiger partial charge is 0.129 e. The van der Waals surface area contributed by atoms with E-state index in [9.17, 15) is 5.11 Å². The third kappa shape index (κ3) is 3.35. The first kappa shape index (κ1) is 19.7. The summed E-state index contributed by atoms with van der Waals surface area (Å²) in [5.41, 5.74) is 6.43. The van der Waals surface area contributed by atoms with Gasteiger partial charge in [-0.15, -0.1) is 0 Å². The van der Waals surface area contributed by atoms with Crippen LogP contribution in [0.2, 0.25) is 0 Å². The summed E-state index contributed by atoms with van der Waals surface area (Å²) >= 11 is 0. The van der Waals surface area contributed by atoms with Gasteiger partial charge in [0, 0.05) is 12.8 Å². The van der Waals surface area contributed by atoms with Crippen LogP contribution in [0.15, 0.2) is 5.16 Å². The maximum absolute atomic E-state index is 10.2. The van der Waals surface area contributed by atoms with E-state index in [1.165, 1.54) is 44.9 Å². The van der Waals surface area contributed by atoms with Crippen molar-refractivity contribution < 1.29 is 9.94 Å². The zero-order chi connectivity index (χ0) is 19.1. The van der Waals surface area contributed by atoms with Gasteiger partial charge in [0.1, 0.15) is 6.61 Å². The van der Waals surface area contributed by atoms with Crippen molar-refractivity contribution in [2.45, 2.75) is 84.2 Å². The predicted octanol–water partition coefficient (Wildman–Crippen LogP) is 4.36. The van der Waals surface area contributed by atoms with Crippen molar-refractivity contribution in [2.75, 3.05) is 13.2 Å². The van der Waals surface area contributed by atoms with Crippen molar-refractivity contribution in [2.24, 2.45) is 51.3 Å². The van der Waals surface area contributed by atoms with Crippen molar-refractivity contribution in [3.8, 4) is 0 Å². The molecule has 4 nitrogen and oxygen atoms in total. The van der Waals surface area contributed by atoms with Crippen molar-refractivity contribution in [1.82, 2.24) is 0 Å². The fourth-order valence-electron chi connectivity index (χ4n) is 8.06. The van der Waals surface area contributed by atoms with E-state index in [2.05, 4.69) is 19.0 Å². The lowest BCUT2D eigenvalue weighted by Gasteiger charge is -2.61. The van der Waals surface area contributed by atoms with Crippen LogP contribution < -0.4 is 5.73 Å². The van der Waals surface area contributed by atoms with E-state index < -0.39 is 0 Å². The van der Waals surface area contributed by atoms with Crippen molar-refractivity contribution in [3.63, 3.8) is 0 Å². The largest absolute Gasteiger partial charge is 0.395 e. The third-order valence-electron chi connectivity index (χ3n) is 9.58. The number of oxime groups is 1. The molecular weight excluding hydrogens is 336 g/mol. The number of aliphatic hydroxyl groups is 1. The number of nitrogens with two attached hydrogens (primary N) is 1. The molecule has 4 aliphatic rings. The minimum atomic E-state index is -0.0369. The Kier molecular flexibility index (Phi) is 5.59. The van der Waals surface area contributed by atoms with Gasteiger partial charge in [-0.05, 0) is 105 Å². The first-order valence-corrected chi connectivity index (χ1v) is 11.5.